The van der Waals surface area contributed by atoms with Crippen LogP contribution in [0.5, 0.6) is 5.75 Å². The minimum Gasteiger partial charge on any atom is -0.496 e. The smallest absolute Gasteiger partial charge is 0.228 e. The van der Waals surface area contributed by atoms with E-state index in [0.717, 1.165) is 37.5 Å². The second-order valence-electron chi connectivity index (χ2n) is 6.77. The van der Waals surface area contributed by atoms with Crippen LogP contribution in [0.1, 0.15) is 17.5 Å². The summed E-state index contributed by atoms with van der Waals surface area (Å²) in [6.45, 7) is 3.65. The van der Waals surface area contributed by atoms with Gasteiger partial charge in [0.1, 0.15) is 5.75 Å². The standard InChI is InChI=1S/C21H23ClN4O2.ClH/c1-27-19-5-3-2-4-17(19)18-14-23-11-13-26(18)12-10-20-24-21(25-28-20)15-6-8-16(22)9-7-15;/h2-9,18,23H,10-14H2,1H3;1H. The van der Waals surface area contributed by atoms with E-state index < -0.39 is 0 Å². The van der Waals surface area contributed by atoms with E-state index in [1.165, 1.54) is 5.56 Å². The summed E-state index contributed by atoms with van der Waals surface area (Å²) in [7, 11) is 1.72. The van der Waals surface area contributed by atoms with E-state index in [0.29, 0.717) is 23.2 Å². The third-order valence-corrected chi connectivity index (χ3v) is 5.29. The number of methoxy groups -OCH3 is 1. The number of nitrogens with one attached hydrogen (secondary N) is 1. The normalized spacial score (nSPS) is 17.0. The van der Waals surface area contributed by atoms with Crippen molar-refractivity contribution in [2.45, 2.75) is 12.5 Å². The lowest BCUT2D eigenvalue weighted by Crippen LogP contribution is -2.46. The van der Waals surface area contributed by atoms with Crippen LogP contribution in [0.2, 0.25) is 5.02 Å². The van der Waals surface area contributed by atoms with Gasteiger partial charge in [-0.3, -0.25) is 4.90 Å². The topological polar surface area (TPSA) is 63.4 Å². The van der Waals surface area contributed by atoms with Crippen molar-refractivity contribution in [2.24, 2.45) is 0 Å². The number of para-hydroxylation sites is 1. The number of rotatable bonds is 6. The Balaban J connectivity index is 0.00000240. The SMILES string of the molecule is COc1ccccc1C1CNCCN1CCc1nc(-c2ccc(Cl)cc2)no1.Cl. The number of hydrogen-bond acceptors (Lipinski definition) is 6. The molecule has 4 rings (SSSR count). The second kappa shape index (κ2) is 10.1. The number of halogens is 2. The predicted molar refractivity (Wildman–Crippen MR) is 116 cm³/mol. The van der Waals surface area contributed by atoms with Crippen molar-refractivity contribution in [1.29, 1.82) is 0 Å². The van der Waals surface area contributed by atoms with Gasteiger partial charge in [0.05, 0.1) is 13.2 Å². The van der Waals surface area contributed by atoms with Crippen molar-refractivity contribution >= 4 is 24.0 Å². The molecule has 1 atom stereocenters. The Kier molecular flexibility index (Phi) is 7.50. The van der Waals surface area contributed by atoms with Crippen molar-refractivity contribution in [3.63, 3.8) is 0 Å². The molecule has 29 heavy (non-hydrogen) atoms. The Bertz CT molecular complexity index is 917. The van der Waals surface area contributed by atoms with Crippen molar-refractivity contribution in [3.05, 3.63) is 65.0 Å². The van der Waals surface area contributed by atoms with Gasteiger partial charge in [-0.05, 0) is 30.3 Å². The molecule has 1 aliphatic rings. The third-order valence-electron chi connectivity index (χ3n) is 5.04. The lowest BCUT2D eigenvalue weighted by molar-refractivity contribution is 0.156. The molecule has 1 N–H and O–H groups in total. The summed E-state index contributed by atoms with van der Waals surface area (Å²) >= 11 is 5.94. The molecular weight excluding hydrogens is 411 g/mol. The van der Waals surface area contributed by atoms with Crippen LogP contribution in [0.15, 0.2) is 53.1 Å². The molecule has 154 valence electrons. The van der Waals surface area contributed by atoms with Crippen molar-refractivity contribution < 1.29 is 9.26 Å². The molecule has 6 nitrogen and oxygen atoms in total. The molecule has 0 spiro atoms. The fourth-order valence-electron chi connectivity index (χ4n) is 3.57. The zero-order chi connectivity index (χ0) is 19.3. The summed E-state index contributed by atoms with van der Waals surface area (Å²) in [4.78, 5) is 6.98. The number of aromatic nitrogens is 2. The average Bonchev–Trinajstić information content (AvgIpc) is 3.22. The lowest BCUT2D eigenvalue weighted by Gasteiger charge is -2.36. The summed E-state index contributed by atoms with van der Waals surface area (Å²) in [5.74, 6) is 2.15. The summed E-state index contributed by atoms with van der Waals surface area (Å²) in [5, 5.41) is 8.28. The average molecular weight is 435 g/mol. The van der Waals surface area contributed by atoms with Gasteiger partial charge in [-0.25, -0.2) is 0 Å². The first-order chi connectivity index (χ1) is 13.7. The van der Waals surface area contributed by atoms with Crippen LogP contribution in [0.3, 0.4) is 0 Å². The van der Waals surface area contributed by atoms with Crippen LogP contribution >= 0.6 is 24.0 Å². The Morgan fingerprint density at radius 2 is 2.00 bits per heavy atom. The van der Waals surface area contributed by atoms with Gasteiger partial charge in [0.25, 0.3) is 0 Å². The molecule has 1 fully saturated rings. The third kappa shape index (κ3) is 5.08. The van der Waals surface area contributed by atoms with Gasteiger partial charge in [0.15, 0.2) is 0 Å². The molecule has 0 amide bonds. The molecule has 2 aromatic carbocycles. The van der Waals surface area contributed by atoms with Gasteiger partial charge >= 0.3 is 0 Å². The molecule has 0 radical (unpaired) electrons. The molecular formula is C21H24Cl2N4O2. The molecule has 8 heteroatoms. The number of hydrogen-bond donors (Lipinski definition) is 1. The maximum absolute atomic E-state index is 5.94. The van der Waals surface area contributed by atoms with Crippen LogP contribution in [-0.2, 0) is 6.42 Å². The summed E-state index contributed by atoms with van der Waals surface area (Å²) in [5.41, 5.74) is 2.10. The lowest BCUT2D eigenvalue weighted by atomic mass is 10.0. The number of piperazine rings is 1. The van der Waals surface area contributed by atoms with Crippen molar-refractivity contribution in [1.82, 2.24) is 20.4 Å². The van der Waals surface area contributed by atoms with E-state index >= 15 is 0 Å². The summed E-state index contributed by atoms with van der Waals surface area (Å²) in [6, 6.07) is 15.9. The molecule has 1 unspecified atom stereocenters. The van der Waals surface area contributed by atoms with Crippen LogP contribution in [-0.4, -0.2) is 48.3 Å². The quantitative estimate of drug-likeness (QED) is 0.632. The highest BCUT2D eigenvalue weighted by molar-refractivity contribution is 6.30. The van der Waals surface area contributed by atoms with E-state index in [1.807, 2.05) is 36.4 Å². The maximum atomic E-state index is 5.94. The summed E-state index contributed by atoms with van der Waals surface area (Å²) < 4.78 is 11.0. The molecule has 0 aliphatic carbocycles. The monoisotopic (exact) mass is 434 g/mol. The van der Waals surface area contributed by atoms with Crippen LogP contribution < -0.4 is 10.1 Å². The zero-order valence-electron chi connectivity index (χ0n) is 16.2. The Hall–Kier alpha value is -2.12. The molecule has 2 heterocycles. The molecule has 0 saturated carbocycles. The summed E-state index contributed by atoms with van der Waals surface area (Å²) in [6.07, 6.45) is 0.701. The van der Waals surface area contributed by atoms with Crippen molar-refractivity contribution in [2.75, 3.05) is 33.3 Å². The van der Waals surface area contributed by atoms with E-state index in [1.54, 1.807) is 7.11 Å². The molecule has 0 bridgehead atoms. The highest BCUT2D eigenvalue weighted by atomic mass is 35.5. The van der Waals surface area contributed by atoms with Gasteiger partial charge in [0, 0.05) is 48.7 Å². The van der Waals surface area contributed by atoms with E-state index in [2.05, 4.69) is 32.5 Å². The highest BCUT2D eigenvalue weighted by Crippen LogP contribution is 2.30. The van der Waals surface area contributed by atoms with E-state index in [-0.39, 0.29) is 18.4 Å². The molecule has 1 saturated heterocycles. The highest BCUT2D eigenvalue weighted by Gasteiger charge is 2.26. The first-order valence-electron chi connectivity index (χ1n) is 9.41. The van der Waals surface area contributed by atoms with E-state index in [4.69, 9.17) is 20.9 Å². The number of ether oxygens (including phenoxy) is 1. The van der Waals surface area contributed by atoms with Crippen LogP contribution in [0.4, 0.5) is 0 Å². The van der Waals surface area contributed by atoms with Crippen LogP contribution in [0, 0.1) is 0 Å². The fourth-order valence-corrected chi connectivity index (χ4v) is 3.70. The minimum absolute atomic E-state index is 0. The van der Waals surface area contributed by atoms with Gasteiger partial charge in [0.2, 0.25) is 11.7 Å². The maximum Gasteiger partial charge on any atom is 0.228 e. The first-order valence-corrected chi connectivity index (χ1v) is 9.78. The second-order valence-corrected chi connectivity index (χ2v) is 7.20. The Labute approximate surface area is 181 Å². The molecule has 1 aliphatic heterocycles. The zero-order valence-corrected chi connectivity index (χ0v) is 17.7. The van der Waals surface area contributed by atoms with Gasteiger partial charge in [-0.1, -0.05) is 35.0 Å². The minimum atomic E-state index is 0. The predicted octanol–water partition coefficient (Wildman–Crippen LogP) is 4.01. The first kappa shape index (κ1) is 21.6. The largest absolute Gasteiger partial charge is 0.496 e. The number of benzene rings is 2. The van der Waals surface area contributed by atoms with E-state index in [9.17, 15) is 0 Å². The van der Waals surface area contributed by atoms with Gasteiger partial charge in [-0.15, -0.1) is 12.4 Å². The Morgan fingerprint density at radius 3 is 2.79 bits per heavy atom. The Morgan fingerprint density at radius 1 is 1.21 bits per heavy atom. The number of nitrogens with zero attached hydrogens (tertiary/aromatic N) is 3. The van der Waals surface area contributed by atoms with Gasteiger partial charge < -0.3 is 14.6 Å². The molecule has 3 aromatic rings. The van der Waals surface area contributed by atoms with Crippen LogP contribution in [0.25, 0.3) is 11.4 Å². The molecule has 1 aromatic heterocycles. The van der Waals surface area contributed by atoms with Gasteiger partial charge in [-0.2, -0.15) is 4.98 Å². The fraction of sp³-hybridized carbons (Fsp3) is 0.333. The van der Waals surface area contributed by atoms with Crippen molar-refractivity contribution in [3.8, 4) is 17.1 Å².